The van der Waals surface area contributed by atoms with Crippen LogP contribution < -0.4 is 0 Å². The molecule has 0 aromatic heterocycles. The van der Waals surface area contributed by atoms with E-state index >= 15 is 0 Å². The molecule has 0 bridgehead atoms. The second-order valence-electron chi connectivity index (χ2n) is 15.6. The fourth-order valence-corrected chi connectivity index (χ4v) is 6.68. The quantitative estimate of drug-likeness (QED) is 0.0134. The minimum Gasteiger partial charge on any atom is -0.462 e. The summed E-state index contributed by atoms with van der Waals surface area (Å²) in [7, 11) is -4.64. The number of unbranched alkanes of at least 4 members (excludes halogenated alkanes) is 16. The van der Waals surface area contributed by atoms with E-state index in [2.05, 4.69) is 25.3 Å². The number of rotatable bonds is 41. The lowest BCUT2D eigenvalue weighted by molar-refractivity contribution is -0.161. The number of allylic oxidation sites excluding steroid dienone is 8. The number of carbonyl (C=O) groups excluding carboxylic acids is 3. The van der Waals surface area contributed by atoms with Crippen molar-refractivity contribution in [3.8, 4) is 0 Å². The van der Waals surface area contributed by atoms with Crippen molar-refractivity contribution in [3.05, 3.63) is 48.6 Å². The smallest absolute Gasteiger partial charge is 0.462 e. The highest BCUT2D eigenvalue weighted by atomic mass is 31.2. The lowest BCUT2D eigenvalue weighted by atomic mass is 10.0. The molecule has 11 nitrogen and oxygen atoms in total. The highest BCUT2D eigenvalue weighted by Gasteiger charge is 2.27. The molecule has 12 heteroatoms. The third kappa shape index (κ3) is 40.4. The van der Waals surface area contributed by atoms with Crippen LogP contribution in [-0.4, -0.2) is 71.5 Å². The fraction of sp³-hybridized carbons (Fsp3) is 0.761. The van der Waals surface area contributed by atoms with Crippen molar-refractivity contribution in [2.45, 2.75) is 193 Å². The van der Waals surface area contributed by atoms with Crippen molar-refractivity contribution in [1.29, 1.82) is 0 Å². The van der Waals surface area contributed by atoms with E-state index in [9.17, 15) is 28.9 Å². The van der Waals surface area contributed by atoms with Crippen molar-refractivity contribution in [3.63, 3.8) is 0 Å². The Labute approximate surface area is 351 Å². The summed E-state index contributed by atoms with van der Waals surface area (Å²) in [6.07, 6.45) is 37.8. The van der Waals surface area contributed by atoms with Crippen LogP contribution in [0.15, 0.2) is 48.6 Å². The van der Waals surface area contributed by atoms with Crippen molar-refractivity contribution < 1.29 is 52.6 Å². The zero-order valence-corrected chi connectivity index (χ0v) is 37.3. The van der Waals surface area contributed by atoms with Crippen LogP contribution in [-0.2, 0) is 37.5 Å². The summed E-state index contributed by atoms with van der Waals surface area (Å²) in [4.78, 5) is 46.7. The van der Waals surface area contributed by atoms with Crippen LogP contribution in [0.2, 0.25) is 0 Å². The molecule has 58 heavy (non-hydrogen) atoms. The fourth-order valence-electron chi connectivity index (χ4n) is 5.89. The van der Waals surface area contributed by atoms with E-state index in [0.29, 0.717) is 25.7 Å². The summed E-state index contributed by atoms with van der Waals surface area (Å²) in [5.41, 5.74) is 0. The van der Waals surface area contributed by atoms with Gasteiger partial charge in [-0.3, -0.25) is 23.4 Å². The number of carbonyl (C=O) groups is 3. The van der Waals surface area contributed by atoms with Crippen LogP contribution in [0.25, 0.3) is 0 Å². The normalized spacial score (nSPS) is 14.3. The minimum atomic E-state index is -4.64. The Morgan fingerprint density at radius 2 is 1.16 bits per heavy atom. The van der Waals surface area contributed by atoms with E-state index in [1.165, 1.54) is 70.6 Å². The summed E-state index contributed by atoms with van der Waals surface area (Å²) in [6.45, 7) is 4.48. The summed E-state index contributed by atoms with van der Waals surface area (Å²) in [6, 6.07) is 0. The zero-order chi connectivity index (χ0) is 43.0. The molecule has 0 rings (SSSR count). The van der Waals surface area contributed by atoms with Gasteiger partial charge in [0.1, 0.15) is 12.7 Å². The maximum atomic E-state index is 12.6. The molecule has 3 atom stereocenters. The van der Waals surface area contributed by atoms with Gasteiger partial charge >= 0.3 is 19.8 Å². The maximum absolute atomic E-state index is 12.6. The molecule has 0 aromatic carbocycles. The van der Waals surface area contributed by atoms with Crippen LogP contribution in [0.3, 0.4) is 0 Å². The van der Waals surface area contributed by atoms with Crippen molar-refractivity contribution >= 4 is 25.5 Å². The molecular formula is C46H81O11P. The second-order valence-corrected chi connectivity index (χ2v) is 17.0. The van der Waals surface area contributed by atoms with Crippen LogP contribution in [0.1, 0.15) is 181 Å². The van der Waals surface area contributed by atoms with E-state index in [0.717, 1.165) is 57.3 Å². The third-order valence-electron chi connectivity index (χ3n) is 9.39. The molecule has 1 unspecified atom stereocenters. The zero-order valence-electron chi connectivity index (χ0n) is 36.4. The molecule has 0 aliphatic rings. The number of phosphoric ester groups is 1. The summed E-state index contributed by atoms with van der Waals surface area (Å²) in [5.74, 6) is -0.0486. The lowest BCUT2D eigenvalue weighted by Gasteiger charge is -2.20. The van der Waals surface area contributed by atoms with E-state index in [-0.39, 0.29) is 25.2 Å². The molecule has 0 aliphatic heterocycles. The Bertz CT molecular complexity index is 1180. The Morgan fingerprint density at radius 1 is 0.621 bits per heavy atom. The van der Waals surface area contributed by atoms with Gasteiger partial charge < -0.3 is 24.6 Å². The molecule has 0 saturated carbocycles. The molecule has 0 heterocycles. The van der Waals surface area contributed by atoms with Gasteiger partial charge in [-0.05, 0) is 50.5 Å². The van der Waals surface area contributed by atoms with Crippen LogP contribution in [0, 0.1) is 5.92 Å². The Morgan fingerprint density at radius 3 is 1.76 bits per heavy atom. The molecule has 0 spiro atoms. The number of aliphatic hydroxyl groups is 2. The van der Waals surface area contributed by atoms with Crippen molar-refractivity contribution in [1.82, 2.24) is 0 Å². The number of phosphoric acid groups is 1. The molecular weight excluding hydrogens is 759 g/mol. The summed E-state index contributed by atoms with van der Waals surface area (Å²) < 4.78 is 32.6. The molecule has 0 radical (unpaired) electrons. The maximum Gasteiger partial charge on any atom is 0.472 e. The van der Waals surface area contributed by atoms with Gasteiger partial charge in [0.05, 0.1) is 19.8 Å². The number of ketones is 1. The lowest BCUT2D eigenvalue weighted by Crippen LogP contribution is -2.29. The van der Waals surface area contributed by atoms with Crippen molar-refractivity contribution in [2.24, 2.45) is 5.92 Å². The minimum absolute atomic E-state index is 0.139. The standard InChI is InChI=1S/C46H81O11P/c1-4-5-27-33-42(48)34-29-24-20-16-12-10-14-17-21-25-30-35-45(50)54-39-44(40-56-58(52,53)55-38-43(49)37-47)57-46(51)36-31-26-22-18-13-9-7-6-8-11-15-19-23-28-32-41(2)3/h10,12,17,20-21,24,29,34,41,43-44,47,49H,4-9,11,13-16,18-19,22-23,25-28,30-33,35-40H2,1-3H3,(H,52,53)/b12-10-,21-17-,24-20-,34-29+/t43-,44+/m0/s1. The van der Waals surface area contributed by atoms with Gasteiger partial charge in [0.25, 0.3) is 0 Å². The van der Waals surface area contributed by atoms with Gasteiger partial charge in [0.2, 0.25) is 0 Å². The van der Waals surface area contributed by atoms with Gasteiger partial charge in [-0.15, -0.1) is 0 Å². The first kappa shape index (κ1) is 55.6. The van der Waals surface area contributed by atoms with Crippen LogP contribution in [0.5, 0.6) is 0 Å². The van der Waals surface area contributed by atoms with Gasteiger partial charge in [-0.1, -0.05) is 166 Å². The van der Waals surface area contributed by atoms with Gasteiger partial charge in [0, 0.05) is 19.3 Å². The van der Waals surface area contributed by atoms with Gasteiger partial charge in [-0.2, -0.15) is 0 Å². The van der Waals surface area contributed by atoms with Crippen LogP contribution in [0.4, 0.5) is 0 Å². The van der Waals surface area contributed by atoms with Crippen LogP contribution >= 0.6 is 7.82 Å². The molecule has 0 fully saturated rings. The highest BCUT2D eigenvalue weighted by molar-refractivity contribution is 7.47. The average Bonchev–Trinajstić information content (AvgIpc) is 3.19. The van der Waals surface area contributed by atoms with Gasteiger partial charge in [-0.25, -0.2) is 4.57 Å². The Balaban J connectivity index is 4.40. The summed E-state index contributed by atoms with van der Waals surface area (Å²) in [5, 5.41) is 18.3. The topological polar surface area (TPSA) is 166 Å². The molecule has 0 amide bonds. The first-order valence-electron chi connectivity index (χ1n) is 22.4. The number of ether oxygens (including phenoxy) is 2. The predicted molar refractivity (Wildman–Crippen MR) is 233 cm³/mol. The third-order valence-corrected chi connectivity index (χ3v) is 10.3. The summed E-state index contributed by atoms with van der Waals surface area (Å²) >= 11 is 0. The van der Waals surface area contributed by atoms with E-state index in [1.54, 1.807) is 12.2 Å². The second kappa shape index (κ2) is 40.0. The first-order chi connectivity index (χ1) is 28.0. The van der Waals surface area contributed by atoms with Crippen molar-refractivity contribution in [2.75, 3.05) is 26.4 Å². The SMILES string of the molecule is CCCCCC(=O)/C=C/C=C\C/C=C\C/C=C\CCCC(=O)OC[C@H](COP(=O)(O)OC[C@@H](O)CO)OC(=O)CCCCCCCCCCCCCCCCC(C)C. The Kier molecular flexibility index (Phi) is 38.4. The molecule has 336 valence electrons. The predicted octanol–water partition coefficient (Wildman–Crippen LogP) is 11.2. The molecule has 0 aliphatic carbocycles. The van der Waals surface area contributed by atoms with E-state index in [4.69, 9.17) is 19.1 Å². The molecule has 3 N–H and O–H groups in total. The van der Waals surface area contributed by atoms with E-state index < -0.39 is 51.8 Å². The van der Waals surface area contributed by atoms with E-state index in [1.807, 2.05) is 36.5 Å². The number of aliphatic hydroxyl groups excluding tert-OH is 2. The van der Waals surface area contributed by atoms with Gasteiger partial charge in [0.15, 0.2) is 11.9 Å². The molecule has 0 saturated heterocycles. The highest BCUT2D eigenvalue weighted by Crippen LogP contribution is 2.43. The first-order valence-corrected chi connectivity index (χ1v) is 23.9. The number of hydrogen-bond acceptors (Lipinski definition) is 10. The number of hydrogen-bond donors (Lipinski definition) is 3. The Hall–Kier alpha value is -2.40. The largest absolute Gasteiger partial charge is 0.472 e. The average molecular weight is 841 g/mol. The number of esters is 2. The monoisotopic (exact) mass is 841 g/mol. The molecule has 0 aromatic rings.